The number of fused-ring (bicyclic) bond motifs is 1. The third-order valence-electron chi connectivity index (χ3n) is 5.06. The van der Waals surface area contributed by atoms with Gasteiger partial charge in [0.15, 0.2) is 5.65 Å². The van der Waals surface area contributed by atoms with E-state index >= 15 is 0 Å². The van der Waals surface area contributed by atoms with Crippen LogP contribution in [0.15, 0.2) is 12.1 Å². The molecule has 4 N–H and O–H groups in total. The van der Waals surface area contributed by atoms with Crippen LogP contribution >= 0.6 is 0 Å². The number of aryl methyl sites for hydroxylation is 2. The van der Waals surface area contributed by atoms with E-state index in [2.05, 4.69) is 41.4 Å². The Morgan fingerprint density at radius 3 is 2.45 bits per heavy atom. The van der Waals surface area contributed by atoms with Crippen LogP contribution in [0.2, 0.25) is 25.7 Å². The highest BCUT2D eigenvalue weighted by Crippen LogP contribution is 2.36. The molecule has 0 aliphatic rings. The van der Waals surface area contributed by atoms with E-state index in [1.165, 1.54) is 0 Å². The lowest BCUT2D eigenvalue weighted by molar-refractivity contribution is 0.100. The second kappa shape index (κ2) is 8.08. The summed E-state index contributed by atoms with van der Waals surface area (Å²) in [6.07, 6.45) is 0. The van der Waals surface area contributed by atoms with Gasteiger partial charge in [-0.25, -0.2) is 9.97 Å². The molecule has 0 aliphatic carbocycles. The number of nitrogens with zero attached hydrogens (tertiary/aromatic N) is 3. The second-order valence-corrected chi connectivity index (χ2v) is 14.4. The Kier molecular flexibility index (Phi) is 5.83. The molecule has 31 heavy (non-hydrogen) atoms. The molecule has 2 aromatic heterocycles. The summed E-state index contributed by atoms with van der Waals surface area (Å²) in [7, 11) is 0.253. The Balaban J connectivity index is 2.44. The number of aromatic nitrogens is 3. The Bertz CT molecular complexity index is 1260. The quantitative estimate of drug-likeness (QED) is 0.479. The number of primary amides is 1. The number of hydrogen-bond acceptors (Lipinski definition) is 5. The van der Waals surface area contributed by atoms with Crippen LogP contribution in [0.1, 0.15) is 33.0 Å². The summed E-state index contributed by atoms with van der Waals surface area (Å²) < 4.78 is 7.27. The van der Waals surface area contributed by atoms with Gasteiger partial charge in [0.1, 0.15) is 23.1 Å². The monoisotopic (exact) mass is 435 g/mol. The highest BCUT2D eigenvalue weighted by atomic mass is 28.3. The van der Waals surface area contributed by atoms with E-state index in [0.29, 0.717) is 28.3 Å². The van der Waals surface area contributed by atoms with Crippen molar-refractivity contribution in [2.24, 2.45) is 5.73 Å². The molecule has 0 saturated carbocycles. The van der Waals surface area contributed by atoms with E-state index in [-0.39, 0.29) is 11.4 Å². The number of nitrogen functional groups attached to an aromatic ring is 1. The summed E-state index contributed by atoms with van der Waals surface area (Å²) in [5.74, 6) is 7.22. The predicted octanol–water partition coefficient (Wildman–Crippen LogP) is 3.73. The third kappa shape index (κ3) is 4.14. The molecule has 0 radical (unpaired) electrons. The highest BCUT2D eigenvalue weighted by molar-refractivity contribution is 6.76. The lowest BCUT2D eigenvalue weighted by Gasteiger charge is -2.16. The molecule has 7 nitrogen and oxygen atoms in total. The van der Waals surface area contributed by atoms with Crippen molar-refractivity contribution in [2.75, 3.05) is 12.8 Å². The number of amides is 1. The molecule has 1 aromatic carbocycles. The summed E-state index contributed by atoms with van der Waals surface area (Å²) in [6.45, 7) is 12.5. The fourth-order valence-corrected chi connectivity index (χ4v) is 4.26. The van der Waals surface area contributed by atoms with E-state index < -0.39 is 14.0 Å². The van der Waals surface area contributed by atoms with Crippen LogP contribution in [0.4, 0.5) is 5.82 Å². The molecule has 8 heteroatoms. The Morgan fingerprint density at radius 2 is 1.87 bits per heavy atom. The summed E-state index contributed by atoms with van der Waals surface area (Å²) in [5.41, 5.74) is 16.1. The minimum Gasteiger partial charge on any atom is -0.496 e. The summed E-state index contributed by atoms with van der Waals surface area (Å²) >= 11 is 0. The lowest BCUT2D eigenvalue weighted by atomic mass is 10.1. The van der Waals surface area contributed by atoms with E-state index in [9.17, 15) is 4.79 Å². The van der Waals surface area contributed by atoms with Crippen LogP contribution < -0.4 is 16.2 Å². The van der Waals surface area contributed by atoms with Crippen molar-refractivity contribution >= 4 is 30.8 Å². The van der Waals surface area contributed by atoms with Crippen LogP contribution in [0.25, 0.3) is 16.7 Å². The number of ether oxygens (including phenoxy) is 1. The number of hydrogen-bond donors (Lipinski definition) is 2. The fourth-order valence-electron chi connectivity index (χ4n) is 3.65. The van der Waals surface area contributed by atoms with E-state index in [0.717, 1.165) is 22.9 Å². The zero-order valence-electron chi connectivity index (χ0n) is 19.2. The van der Waals surface area contributed by atoms with Gasteiger partial charge in [-0.1, -0.05) is 31.6 Å². The zero-order valence-corrected chi connectivity index (χ0v) is 20.2. The molecule has 1 amide bonds. The average molecular weight is 436 g/mol. The maximum absolute atomic E-state index is 12.5. The number of rotatable bonds is 4. The van der Waals surface area contributed by atoms with Gasteiger partial charge in [0.05, 0.1) is 31.8 Å². The van der Waals surface area contributed by atoms with E-state index in [4.69, 9.17) is 16.2 Å². The van der Waals surface area contributed by atoms with Gasteiger partial charge in [-0.05, 0) is 38.3 Å². The number of methoxy groups -OCH3 is 1. The molecular formula is C23H29N5O2Si. The van der Waals surface area contributed by atoms with Crippen LogP contribution in [0.5, 0.6) is 5.75 Å². The van der Waals surface area contributed by atoms with Crippen LogP contribution in [-0.4, -0.2) is 35.6 Å². The molecule has 0 atom stereocenters. The molecule has 0 saturated heterocycles. The zero-order chi connectivity index (χ0) is 23.1. The normalized spacial score (nSPS) is 11.3. The van der Waals surface area contributed by atoms with Crippen LogP contribution in [0.3, 0.4) is 0 Å². The third-order valence-corrected chi connectivity index (χ3v) is 6.30. The molecule has 3 aromatic rings. The highest BCUT2D eigenvalue weighted by Gasteiger charge is 2.26. The minimum atomic E-state index is -1.36. The fraction of sp³-hybridized carbons (Fsp3) is 0.348. The van der Waals surface area contributed by atoms with Gasteiger partial charge in [-0.3, -0.25) is 9.36 Å². The lowest BCUT2D eigenvalue weighted by Crippen LogP contribution is -2.17. The maximum atomic E-state index is 12.5. The van der Waals surface area contributed by atoms with Crippen molar-refractivity contribution in [3.8, 4) is 23.3 Å². The standard InChI is InChI=1S/C23H29N5O2Si/c1-13-10-11-17(30-4)14(2)20(13)28-21(24)19(22(25)29)18-16(9-8-12-31(5,6)7)26-15(3)27-23(18)28/h10-11H,12,24H2,1-7H3,(H2,25,29). The molecule has 0 aliphatic heterocycles. The van der Waals surface area contributed by atoms with Crippen LogP contribution in [0, 0.1) is 32.6 Å². The number of anilines is 1. The first-order chi connectivity index (χ1) is 14.5. The van der Waals surface area contributed by atoms with Gasteiger partial charge >= 0.3 is 0 Å². The second-order valence-electron chi connectivity index (χ2n) is 8.88. The van der Waals surface area contributed by atoms with Gasteiger partial charge in [0.2, 0.25) is 0 Å². The Hall–Kier alpha value is -3.31. The molecule has 3 rings (SSSR count). The van der Waals surface area contributed by atoms with Crippen molar-refractivity contribution in [2.45, 2.75) is 46.5 Å². The van der Waals surface area contributed by atoms with Gasteiger partial charge in [0, 0.05) is 11.6 Å². The largest absolute Gasteiger partial charge is 0.496 e. The maximum Gasteiger partial charge on any atom is 0.253 e. The van der Waals surface area contributed by atoms with E-state index in [1.54, 1.807) is 18.6 Å². The first-order valence-electron chi connectivity index (χ1n) is 10.1. The summed E-state index contributed by atoms with van der Waals surface area (Å²) in [5, 5.41) is 0.486. The number of benzene rings is 1. The number of carbonyl (C=O) groups excluding carboxylic acids is 1. The number of carbonyl (C=O) groups is 1. The molecule has 162 valence electrons. The molecule has 0 unspecified atom stereocenters. The molecule has 0 fully saturated rings. The van der Waals surface area contributed by atoms with Crippen molar-refractivity contribution in [1.29, 1.82) is 0 Å². The predicted molar refractivity (Wildman–Crippen MR) is 128 cm³/mol. The van der Waals surface area contributed by atoms with Gasteiger partial charge in [0.25, 0.3) is 5.91 Å². The van der Waals surface area contributed by atoms with Gasteiger partial charge in [-0.2, -0.15) is 0 Å². The topological polar surface area (TPSA) is 109 Å². The first kappa shape index (κ1) is 22.4. The molecule has 2 heterocycles. The smallest absolute Gasteiger partial charge is 0.253 e. The Labute approximate surface area is 183 Å². The van der Waals surface area contributed by atoms with Crippen molar-refractivity contribution in [3.63, 3.8) is 0 Å². The summed E-state index contributed by atoms with van der Waals surface area (Å²) in [6, 6.07) is 4.66. The molecule has 0 spiro atoms. The van der Waals surface area contributed by atoms with Crippen molar-refractivity contribution in [3.05, 3.63) is 40.3 Å². The molecule has 0 bridgehead atoms. The van der Waals surface area contributed by atoms with Crippen LogP contribution in [-0.2, 0) is 0 Å². The first-order valence-corrected chi connectivity index (χ1v) is 13.8. The Morgan fingerprint density at radius 1 is 1.19 bits per heavy atom. The number of nitrogens with two attached hydrogens (primary N) is 2. The minimum absolute atomic E-state index is 0.189. The van der Waals surface area contributed by atoms with Crippen molar-refractivity contribution in [1.82, 2.24) is 14.5 Å². The SMILES string of the molecule is COc1ccc(C)c(-n2c(N)c(C(N)=O)c3c(C#CC[Si](C)(C)C)nc(C)nc32)c1C. The summed E-state index contributed by atoms with van der Waals surface area (Å²) in [4.78, 5) is 21.6. The van der Waals surface area contributed by atoms with Gasteiger partial charge < -0.3 is 16.2 Å². The van der Waals surface area contributed by atoms with Gasteiger partial charge in [-0.15, -0.1) is 0 Å². The average Bonchev–Trinajstić information content (AvgIpc) is 2.93. The van der Waals surface area contributed by atoms with Crippen molar-refractivity contribution < 1.29 is 9.53 Å². The molecular weight excluding hydrogens is 406 g/mol. The van der Waals surface area contributed by atoms with E-state index in [1.807, 2.05) is 26.0 Å².